The van der Waals surface area contributed by atoms with Gasteiger partial charge in [-0.15, -0.1) is 0 Å². The maximum atomic E-state index is 12.9. The van der Waals surface area contributed by atoms with Crippen molar-refractivity contribution in [2.24, 2.45) is 0 Å². The van der Waals surface area contributed by atoms with Gasteiger partial charge in [0.2, 0.25) is 0 Å². The zero-order valence-electron chi connectivity index (χ0n) is 7.53. The van der Waals surface area contributed by atoms with E-state index in [4.69, 9.17) is 10.4 Å². The smallest absolute Gasteiger partial charge is 0.124 e. The van der Waals surface area contributed by atoms with E-state index in [9.17, 15) is 4.39 Å². The average molecular weight is 211 g/mol. The van der Waals surface area contributed by atoms with Gasteiger partial charge in [0.15, 0.2) is 0 Å². The van der Waals surface area contributed by atoms with E-state index in [1.165, 1.54) is 23.9 Å². The first kappa shape index (κ1) is 11.0. The number of thioether (sulfide) groups is 1. The number of halogens is 1. The monoisotopic (exact) mass is 211 g/mol. The van der Waals surface area contributed by atoms with E-state index in [1.807, 2.05) is 6.07 Å². The van der Waals surface area contributed by atoms with Crippen LogP contribution in [0.5, 0.6) is 0 Å². The van der Waals surface area contributed by atoms with Crippen LogP contribution in [0.4, 0.5) is 4.39 Å². The highest BCUT2D eigenvalue weighted by Gasteiger charge is 2.00. The van der Waals surface area contributed by atoms with Gasteiger partial charge in [-0.1, -0.05) is 0 Å². The van der Waals surface area contributed by atoms with Crippen molar-refractivity contribution >= 4 is 11.8 Å². The van der Waals surface area contributed by atoms with Crippen LogP contribution >= 0.6 is 11.8 Å². The Hall–Kier alpha value is -1.05. The molecule has 0 spiro atoms. The van der Waals surface area contributed by atoms with Gasteiger partial charge in [-0.05, 0) is 23.8 Å². The fourth-order valence-corrected chi connectivity index (χ4v) is 1.73. The number of nitrogens with zero attached hydrogens (tertiary/aromatic N) is 1. The predicted molar refractivity (Wildman–Crippen MR) is 54.4 cm³/mol. The summed E-state index contributed by atoms with van der Waals surface area (Å²) in [6, 6.07) is 6.18. The largest absolute Gasteiger partial charge is 0.396 e. The molecule has 14 heavy (non-hydrogen) atoms. The number of hydrogen-bond donors (Lipinski definition) is 1. The third-order valence-corrected chi connectivity index (χ3v) is 2.60. The molecule has 0 bridgehead atoms. The third kappa shape index (κ3) is 3.36. The van der Waals surface area contributed by atoms with E-state index >= 15 is 0 Å². The van der Waals surface area contributed by atoms with E-state index in [0.717, 1.165) is 5.56 Å². The minimum Gasteiger partial charge on any atom is -0.396 e. The highest BCUT2D eigenvalue weighted by Crippen LogP contribution is 2.15. The van der Waals surface area contributed by atoms with Crippen molar-refractivity contribution in [3.05, 3.63) is 35.1 Å². The van der Waals surface area contributed by atoms with Gasteiger partial charge >= 0.3 is 0 Å². The summed E-state index contributed by atoms with van der Waals surface area (Å²) in [6.45, 7) is 0.116. The Labute approximate surface area is 86.4 Å². The minimum atomic E-state index is -0.386. The average Bonchev–Trinajstić information content (AvgIpc) is 2.17. The molecule has 4 heteroatoms. The molecule has 1 N–H and O–H groups in total. The highest BCUT2D eigenvalue weighted by atomic mass is 32.2. The van der Waals surface area contributed by atoms with Gasteiger partial charge in [0, 0.05) is 11.5 Å². The number of hydrogen-bond acceptors (Lipinski definition) is 3. The lowest BCUT2D eigenvalue weighted by Gasteiger charge is -2.01. The second-order valence-corrected chi connectivity index (χ2v) is 3.84. The first-order valence-electron chi connectivity index (χ1n) is 4.14. The summed E-state index contributed by atoms with van der Waals surface area (Å²) in [5, 5.41) is 17.1. The molecule has 0 aliphatic rings. The van der Waals surface area contributed by atoms with Crippen molar-refractivity contribution in [3.63, 3.8) is 0 Å². The SMILES string of the molecule is N#Cc1cc(F)cc(CSCCO)c1. The van der Waals surface area contributed by atoms with E-state index in [1.54, 1.807) is 6.07 Å². The maximum absolute atomic E-state index is 12.9. The fourth-order valence-electron chi connectivity index (χ4n) is 1.05. The van der Waals surface area contributed by atoms with Crippen molar-refractivity contribution in [2.75, 3.05) is 12.4 Å². The number of rotatable bonds is 4. The molecule has 1 rings (SSSR count). The van der Waals surface area contributed by atoms with Crippen LogP contribution in [0.25, 0.3) is 0 Å². The zero-order chi connectivity index (χ0) is 10.4. The Bertz CT molecular complexity index is 348. The summed E-state index contributed by atoms with van der Waals surface area (Å²) in [4.78, 5) is 0. The molecule has 0 saturated carbocycles. The van der Waals surface area contributed by atoms with E-state index < -0.39 is 0 Å². The van der Waals surface area contributed by atoms with Crippen LogP contribution in [-0.4, -0.2) is 17.5 Å². The van der Waals surface area contributed by atoms with Crippen molar-refractivity contribution in [2.45, 2.75) is 5.75 Å². The Kier molecular flexibility index (Phi) is 4.44. The van der Waals surface area contributed by atoms with Gasteiger partial charge in [0.05, 0.1) is 18.2 Å². The zero-order valence-corrected chi connectivity index (χ0v) is 8.35. The molecule has 0 aliphatic carbocycles. The Morgan fingerprint density at radius 1 is 1.43 bits per heavy atom. The standard InChI is InChI=1S/C10H10FNOS/c11-10-4-8(6-12)3-9(5-10)7-14-2-1-13/h3-5,13H,1-2,7H2. The van der Waals surface area contributed by atoms with Crippen LogP contribution in [-0.2, 0) is 5.75 Å². The molecule has 0 saturated heterocycles. The Morgan fingerprint density at radius 3 is 2.86 bits per heavy atom. The van der Waals surface area contributed by atoms with Gasteiger partial charge in [-0.25, -0.2) is 4.39 Å². The summed E-state index contributed by atoms with van der Waals surface area (Å²) < 4.78 is 12.9. The summed E-state index contributed by atoms with van der Waals surface area (Å²) in [7, 11) is 0. The summed E-state index contributed by atoms with van der Waals surface area (Å²) >= 11 is 1.51. The minimum absolute atomic E-state index is 0.116. The first-order valence-corrected chi connectivity index (χ1v) is 5.30. The van der Waals surface area contributed by atoms with Crippen molar-refractivity contribution in [1.82, 2.24) is 0 Å². The molecule has 74 valence electrons. The Morgan fingerprint density at radius 2 is 2.21 bits per heavy atom. The topological polar surface area (TPSA) is 44.0 Å². The van der Waals surface area contributed by atoms with Crippen LogP contribution in [0.15, 0.2) is 18.2 Å². The van der Waals surface area contributed by atoms with Gasteiger partial charge in [0.25, 0.3) is 0 Å². The van der Waals surface area contributed by atoms with E-state index in [2.05, 4.69) is 0 Å². The third-order valence-electron chi connectivity index (χ3n) is 1.59. The summed E-state index contributed by atoms with van der Waals surface area (Å²) in [5.41, 5.74) is 1.12. The lowest BCUT2D eigenvalue weighted by Crippen LogP contribution is -1.90. The molecular weight excluding hydrogens is 201 g/mol. The van der Waals surface area contributed by atoms with Crippen LogP contribution < -0.4 is 0 Å². The number of benzene rings is 1. The molecule has 0 heterocycles. The van der Waals surface area contributed by atoms with E-state index in [-0.39, 0.29) is 12.4 Å². The summed E-state index contributed by atoms with van der Waals surface area (Å²) in [6.07, 6.45) is 0. The highest BCUT2D eigenvalue weighted by molar-refractivity contribution is 7.98. The van der Waals surface area contributed by atoms with Crippen molar-refractivity contribution < 1.29 is 9.50 Å². The molecule has 0 radical (unpaired) electrons. The predicted octanol–water partition coefficient (Wildman–Crippen LogP) is 1.92. The molecule has 1 aromatic rings. The maximum Gasteiger partial charge on any atom is 0.124 e. The van der Waals surface area contributed by atoms with E-state index in [0.29, 0.717) is 17.1 Å². The second kappa shape index (κ2) is 5.63. The van der Waals surface area contributed by atoms with Crippen LogP contribution in [0.1, 0.15) is 11.1 Å². The molecule has 2 nitrogen and oxygen atoms in total. The number of nitriles is 1. The summed E-state index contributed by atoms with van der Waals surface area (Å²) in [5.74, 6) is 0.856. The quantitative estimate of drug-likeness (QED) is 0.774. The normalized spacial score (nSPS) is 9.79. The van der Waals surface area contributed by atoms with Gasteiger partial charge in [-0.3, -0.25) is 0 Å². The van der Waals surface area contributed by atoms with Crippen LogP contribution in [0.2, 0.25) is 0 Å². The Balaban J connectivity index is 2.68. The van der Waals surface area contributed by atoms with Gasteiger partial charge < -0.3 is 5.11 Å². The molecule has 0 atom stereocenters. The van der Waals surface area contributed by atoms with Crippen molar-refractivity contribution in [3.8, 4) is 6.07 Å². The van der Waals surface area contributed by atoms with Crippen molar-refractivity contribution in [1.29, 1.82) is 5.26 Å². The molecule has 1 aromatic carbocycles. The van der Waals surface area contributed by atoms with Gasteiger partial charge in [0.1, 0.15) is 5.82 Å². The first-order chi connectivity index (χ1) is 6.76. The fraction of sp³-hybridized carbons (Fsp3) is 0.300. The lowest BCUT2D eigenvalue weighted by molar-refractivity contribution is 0.322. The second-order valence-electron chi connectivity index (χ2n) is 2.74. The van der Waals surface area contributed by atoms with Gasteiger partial charge in [-0.2, -0.15) is 17.0 Å². The lowest BCUT2D eigenvalue weighted by atomic mass is 10.1. The number of aliphatic hydroxyl groups is 1. The molecular formula is C10H10FNOS. The molecule has 0 fully saturated rings. The molecule has 0 aliphatic heterocycles. The van der Waals surface area contributed by atoms with Crippen LogP contribution in [0.3, 0.4) is 0 Å². The molecule has 0 unspecified atom stereocenters. The van der Waals surface area contributed by atoms with Crippen LogP contribution in [0, 0.1) is 17.1 Å². The molecule has 0 amide bonds. The molecule has 0 aromatic heterocycles. The number of aliphatic hydroxyl groups excluding tert-OH is 1.